The molecule has 1 aliphatic rings. The quantitative estimate of drug-likeness (QED) is 0.794. The summed E-state index contributed by atoms with van der Waals surface area (Å²) in [5, 5.41) is 3.23. The van der Waals surface area contributed by atoms with Crippen molar-refractivity contribution in [3.63, 3.8) is 0 Å². The molecule has 1 aliphatic heterocycles. The molecule has 0 spiro atoms. The van der Waals surface area contributed by atoms with Crippen LogP contribution in [0.25, 0.3) is 0 Å². The standard InChI is InChI=1S/C22H29N3O/c26-22(11-10-20-12-14-23-15-13-20)24-21-9-5-17-25(18-21)16-4-8-19-6-2-1-3-7-19/h1-3,6-7,12-15,21H,4-5,8-11,16-18H2,(H,24,26)/t21-/m0/s1. The second-order valence-electron chi connectivity index (χ2n) is 7.15. The number of hydrogen-bond acceptors (Lipinski definition) is 3. The summed E-state index contributed by atoms with van der Waals surface area (Å²) in [7, 11) is 0. The first kappa shape index (κ1) is 18.6. The van der Waals surface area contributed by atoms with Crippen LogP contribution in [0.3, 0.4) is 0 Å². The molecule has 1 N–H and O–H groups in total. The van der Waals surface area contributed by atoms with Crippen LogP contribution >= 0.6 is 0 Å². The second kappa shape index (κ2) is 10.1. The Labute approximate surface area is 156 Å². The monoisotopic (exact) mass is 351 g/mol. The van der Waals surface area contributed by atoms with Crippen LogP contribution in [0.2, 0.25) is 0 Å². The largest absolute Gasteiger partial charge is 0.352 e. The summed E-state index contributed by atoms with van der Waals surface area (Å²) in [4.78, 5) is 18.8. The van der Waals surface area contributed by atoms with Gasteiger partial charge in [-0.3, -0.25) is 9.78 Å². The van der Waals surface area contributed by atoms with Crippen molar-refractivity contribution in [3.8, 4) is 0 Å². The SMILES string of the molecule is O=C(CCc1ccncc1)N[C@H]1CCCN(CCCc2ccccc2)C1. The Morgan fingerprint density at radius 3 is 2.65 bits per heavy atom. The van der Waals surface area contributed by atoms with E-state index in [1.54, 1.807) is 12.4 Å². The molecule has 138 valence electrons. The molecule has 0 unspecified atom stereocenters. The fraction of sp³-hybridized carbons (Fsp3) is 0.455. The molecule has 2 heterocycles. The van der Waals surface area contributed by atoms with Gasteiger partial charge in [-0.1, -0.05) is 30.3 Å². The Morgan fingerprint density at radius 1 is 1.08 bits per heavy atom. The van der Waals surface area contributed by atoms with Crippen LogP contribution in [0.1, 0.15) is 36.8 Å². The lowest BCUT2D eigenvalue weighted by Gasteiger charge is -2.33. The molecule has 4 nitrogen and oxygen atoms in total. The van der Waals surface area contributed by atoms with Crippen molar-refractivity contribution >= 4 is 5.91 Å². The number of pyridine rings is 1. The molecule has 1 aromatic carbocycles. The number of rotatable bonds is 8. The predicted molar refractivity (Wildman–Crippen MR) is 105 cm³/mol. The van der Waals surface area contributed by atoms with Gasteiger partial charge in [0, 0.05) is 31.4 Å². The molecule has 4 heteroatoms. The molecular weight excluding hydrogens is 322 g/mol. The van der Waals surface area contributed by atoms with Crippen LogP contribution < -0.4 is 5.32 Å². The minimum absolute atomic E-state index is 0.165. The third kappa shape index (κ3) is 6.26. The predicted octanol–water partition coefficient (Wildman–Crippen LogP) is 3.23. The van der Waals surface area contributed by atoms with E-state index in [-0.39, 0.29) is 5.91 Å². The van der Waals surface area contributed by atoms with E-state index in [2.05, 4.69) is 45.5 Å². The minimum Gasteiger partial charge on any atom is -0.352 e. The molecule has 2 aromatic rings. The van der Waals surface area contributed by atoms with E-state index < -0.39 is 0 Å². The summed E-state index contributed by atoms with van der Waals surface area (Å²) in [5.74, 6) is 0.165. The Kier molecular flexibility index (Phi) is 7.20. The average Bonchev–Trinajstić information content (AvgIpc) is 2.68. The van der Waals surface area contributed by atoms with Gasteiger partial charge < -0.3 is 10.2 Å². The fourth-order valence-corrected chi connectivity index (χ4v) is 3.64. The van der Waals surface area contributed by atoms with Crippen LogP contribution in [-0.2, 0) is 17.6 Å². The summed E-state index contributed by atoms with van der Waals surface area (Å²) in [6, 6.07) is 14.9. The highest BCUT2D eigenvalue weighted by Crippen LogP contribution is 2.12. The molecule has 1 amide bonds. The molecule has 0 radical (unpaired) electrons. The van der Waals surface area contributed by atoms with E-state index in [0.717, 1.165) is 38.9 Å². The van der Waals surface area contributed by atoms with E-state index in [4.69, 9.17) is 0 Å². The van der Waals surface area contributed by atoms with Gasteiger partial charge >= 0.3 is 0 Å². The molecule has 0 aliphatic carbocycles. The number of carbonyl (C=O) groups excluding carboxylic acids is 1. The van der Waals surface area contributed by atoms with Crippen LogP contribution in [0.15, 0.2) is 54.9 Å². The zero-order valence-electron chi connectivity index (χ0n) is 15.4. The number of aryl methyl sites for hydroxylation is 2. The smallest absolute Gasteiger partial charge is 0.220 e. The second-order valence-corrected chi connectivity index (χ2v) is 7.15. The van der Waals surface area contributed by atoms with Crippen molar-refractivity contribution in [2.75, 3.05) is 19.6 Å². The topological polar surface area (TPSA) is 45.2 Å². The maximum absolute atomic E-state index is 12.2. The van der Waals surface area contributed by atoms with E-state index in [0.29, 0.717) is 12.5 Å². The number of nitrogens with zero attached hydrogens (tertiary/aromatic N) is 2. The summed E-state index contributed by atoms with van der Waals surface area (Å²) >= 11 is 0. The van der Waals surface area contributed by atoms with Crippen LogP contribution in [-0.4, -0.2) is 41.5 Å². The summed E-state index contributed by atoms with van der Waals surface area (Å²) in [5.41, 5.74) is 2.58. The number of benzene rings is 1. The normalized spacial score (nSPS) is 17.8. The number of amides is 1. The molecule has 1 atom stereocenters. The van der Waals surface area contributed by atoms with E-state index in [1.165, 1.54) is 24.0 Å². The lowest BCUT2D eigenvalue weighted by atomic mass is 10.0. The average molecular weight is 351 g/mol. The zero-order valence-corrected chi connectivity index (χ0v) is 15.4. The minimum atomic E-state index is 0.165. The first-order chi connectivity index (χ1) is 12.8. The van der Waals surface area contributed by atoms with Crippen molar-refractivity contribution in [1.29, 1.82) is 0 Å². The molecule has 1 fully saturated rings. The van der Waals surface area contributed by atoms with E-state index >= 15 is 0 Å². The number of likely N-dealkylation sites (tertiary alicyclic amines) is 1. The number of nitrogens with one attached hydrogen (secondary N) is 1. The molecule has 0 bridgehead atoms. The zero-order chi connectivity index (χ0) is 18.0. The lowest BCUT2D eigenvalue weighted by molar-refractivity contribution is -0.122. The van der Waals surface area contributed by atoms with Crippen molar-refractivity contribution in [3.05, 3.63) is 66.0 Å². The Hall–Kier alpha value is -2.20. The van der Waals surface area contributed by atoms with Crippen molar-refractivity contribution < 1.29 is 4.79 Å². The van der Waals surface area contributed by atoms with Gasteiger partial charge in [0.15, 0.2) is 0 Å². The highest BCUT2D eigenvalue weighted by molar-refractivity contribution is 5.76. The van der Waals surface area contributed by atoms with Crippen molar-refractivity contribution in [1.82, 2.24) is 15.2 Å². The van der Waals surface area contributed by atoms with Crippen LogP contribution in [0.4, 0.5) is 0 Å². The van der Waals surface area contributed by atoms with Crippen LogP contribution in [0, 0.1) is 0 Å². The summed E-state index contributed by atoms with van der Waals surface area (Å²) < 4.78 is 0. The Bertz CT molecular complexity index is 660. The molecule has 3 rings (SSSR count). The highest BCUT2D eigenvalue weighted by atomic mass is 16.1. The number of hydrogen-bond donors (Lipinski definition) is 1. The van der Waals surface area contributed by atoms with Gasteiger partial charge in [0.1, 0.15) is 0 Å². The molecule has 0 saturated carbocycles. The first-order valence-electron chi connectivity index (χ1n) is 9.74. The van der Waals surface area contributed by atoms with Crippen molar-refractivity contribution in [2.24, 2.45) is 0 Å². The van der Waals surface area contributed by atoms with E-state index in [1.807, 2.05) is 12.1 Å². The maximum atomic E-state index is 12.2. The summed E-state index contributed by atoms with van der Waals surface area (Å²) in [6.07, 6.45) is 9.45. The third-order valence-electron chi connectivity index (χ3n) is 5.04. The van der Waals surface area contributed by atoms with Gasteiger partial charge in [-0.15, -0.1) is 0 Å². The van der Waals surface area contributed by atoms with Gasteiger partial charge in [0.25, 0.3) is 0 Å². The van der Waals surface area contributed by atoms with Gasteiger partial charge in [-0.2, -0.15) is 0 Å². The summed E-state index contributed by atoms with van der Waals surface area (Å²) in [6.45, 7) is 3.24. The third-order valence-corrected chi connectivity index (χ3v) is 5.04. The van der Waals surface area contributed by atoms with Gasteiger partial charge in [0.05, 0.1) is 0 Å². The van der Waals surface area contributed by atoms with E-state index in [9.17, 15) is 4.79 Å². The molecule has 26 heavy (non-hydrogen) atoms. The van der Waals surface area contributed by atoms with Gasteiger partial charge in [-0.25, -0.2) is 0 Å². The number of carbonyl (C=O) groups is 1. The Morgan fingerprint density at radius 2 is 1.85 bits per heavy atom. The fourth-order valence-electron chi connectivity index (χ4n) is 3.64. The molecule has 1 aromatic heterocycles. The lowest BCUT2D eigenvalue weighted by Crippen LogP contribution is -2.48. The first-order valence-corrected chi connectivity index (χ1v) is 9.74. The maximum Gasteiger partial charge on any atom is 0.220 e. The molecule has 1 saturated heterocycles. The molecular formula is C22H29N3O. The van der Waals surface area contributed by atoms with Crippen LogP contribution in [0.5, 0.6) is 0 Å². The number of piperidine rings is 1. The highest BCUT2D eigenvalue weighted by Gasteiger charge is 2.20. The Balaban J connectivity index is 1.35. The number of aromatic nitrogens is 1. The van der Waals surface area contributed by atoms with Gasteiger partial charge in [-0.05, 0) is 68.5 Å². The van der Waals surface area contributed by atoms with Crippen molar-refractivity contribution in [2.45, 2.75) is 44.6 Å². The van der Waals surface area contributed by atoms with Gasteiger partial charge in [0.2, 0.25) is 5.91 Å².